The fraction of sp³-hybridized carbons (Fsp3) is 0.462. The molecule has 0 heterocycles. The third kappa shape index (κ3) is 7.37. The molecule has 2 N–H and O–H groups in total. The predicted molar refractivity (Wildman–Crippen MR) is 128 cm³/mol. The van der Waals surface area contributed by atoms with Crippen LogP contribution in [0.1, 0.15) is 61.4 Å². The zero-order valence-corrected chi connectivity index (χ0v) is 20.0. The van der Waals surface area contributed by atoms with Crippen LogP contribution in [0.15, 0.2) is 48.5 Å². The molecule has 0 saturated heterocycles. The molecule has 190 valence electrons. The number of likely N-dealkylation sites (N-methyl/N-ethyl adjacent to an activating group) is 1. The Kier molecular flexibility index (Phi) is 9.01. The lowest BCUT2D eigenvalue weighted by molar-refractivity contribution is -0.137. The summed E-state index contributed by atoms with van der Waals surface area (Å²) in [5, 5.41) is 4.14. The maximum Gasteiger partial charge on any atom is 0.416 e. The average molecular weight is 492 g/mol. The van der Waals surface area contributed by atoms with E-state index in [0.717, 1.165) is 44.2 Å². The average Bonchev–Trinajstić information content (AvgIpc) is 2.87. The van der Waals surface area contributed by atoms with E-state index in [1.54, 1.807) is 38.3 Å². The van der Waals surface area contributed by atoms with Crippen LogP contribution in [0.5, 0.6) is 5.75 Å². The van der Waals surface area contributed by atoms with Crippen molar-refractivity contribution in [3.8, 4) is 5.75 Å². The number of hydrogen-bond acceptors (Lipinski definition) is 4. The molecule has 2 aromatic carbocycles. The van der Waals surface area contributed by atoms with Crippen molar-refractivity contribution in [1.29, 1.82) is 0 Å². The monoisotopic (exact) mass is 491 g/mol. The summed E-state index contributed by atoms with van der Waals surface area (Å²) < 4.78 is 44.5. The van der Waals surface area contributed by atoms with Gasteiger partial charge in [-0.15, -0.1) is 0 Å². The number of methoxy groups -OCH3 is 1. The predicted octanol–water partition coefficient (Wildman–Crippen LogP) is 5.66. The maximum absolute atomic E-state index is 13.5. The van der Waals surface area contributed by atoms with Gasteiger partial charge in [0.2, 0.25) is 0 Å². The fourth-order valence-corrected chi connectivity index (χ4v) is 4.36. The second kappa shape index (κ2) is 12.0. The van der Waals surface area contributed by atoms with Crippen LogP contribution in [-0.4, -0.2) is 36.5 Å². The van der Waals surface area contributed by atoms with Crippen LogP contribution < -0.4 is 15.5 Å². The van der Waals surface area contributed by atoms with Crippen molar-refractivity contribution in [1.82, 2.24) is 10.3 Å². The smallest absolute Gasteiger partial charge is 0.416 e. The Morgan fingerprint density at radius 2 is 1.77 bits per heavy atom. The summed E-state index contributed by atoms with van der Waals surface area (Å²) in [6, 6.07) is 10.4. The van der Waals surface area contributed by atoms with E-state index >= 15 is 0 Å². The summed E-state index contributed by atoms with van der Waals surface area (Å²) in [7, 11) is 1.56. The van der Waals surface area contributed by atoms with Crippen LogP contribution in [0.4, 0.5) is 18.9 Å². The van der Waals surface area contributed by atoms with Crippen molar-refractivity contribution in [2.24, 2.45) is 5.92 Å². The first kappa shape index (κ1) is 26.4. The lowest BCUT2D eigenvalue weighted by Crippen LogP contribution is -2.51. The van der Waals surface area contributed by atoms with E-state index in [2.05, 4.69) is 10.7 Å². The highest BCUT2D eigenvalue weighted by atomic mass is 19.4. The summed E-state index contributed by atoms with van der Waals surface area (Å²) in [5.41, 5.74) is 2.70. The van der Waals surface area contributed by atoms with Crippen LogP contribution in [0.25, 0.3) is 0 Å². The number of nitrogens with zero attached hydrogens (tertiary/aromatic N) is 1. The highest BCUT2D eigenvalue weighted by Gasteiger charge is 2.32. The molecule has 2 amide bonds. The number of carbonyl (C=O) groups excluding carboxylic acids is 2. The number of halogens is 3. The fourth-order valence-electron chi connectivity index (χ4n) is 4.36. The summed E-state index contributed by atoms with van der Waals surface area (Å²) >= 11 is 0. The van der Waals surface area contributed by atoms with E-state index in [4.69, 9.17) is 4.74 Å². The summed E-state index contributed by atoms with van der Waals surface area (Å²) in [6.45, 7) is 2.13. The van der Waals surface area contributed by atoms with Crippen LogP contribution in [0.2, 0.25) is 0 Å². The minimum absolute atomic E-state index is 0.132. The number of anilines is 1. The van der Waals surface area contributed by atoms with Gasteiger partial charge in [-0.3, -0.25) is 20.0 Å². The van der Waals surface area contributed by atoms with Crippen molar-refractivity contribution in [2.45, 2.75) is 57.7 Å². The van der Waals surface area contributed by atoms with Gasteiger partial charge in [-0.1, -0.05) is 38.2 Å². The minimum Gasteiger partial charge on any atom is -0.497 e. The van der Waals surface area contributed by atoms with Crippen LogP contribution in [0.3, 0.4) is 0 Å². The van der Waals surface area contributed by atoms with Gasteiger partial charge in [0.1, 0.15) is 11.8 Å². The number of ether oxygens (including phenoxy) is 1. The zero-order chi connectivity index (χ0) is 25.4. The summed E-state index contributed by atoms with van der Waals surface area (Å²) in [6.07, 6.45) is 1.07. The lowest BCUT2D eigenvalue weighted by Gasteiger charge is -2.31. The molecule has 0 spiro atoms. The number of hydrazine groups is 1. The molecule has 0 aliphatic heterocycles. The molecule has 1 saturated carbocycles. The number of hydrogen-bond donors (Lipinski definition) is 2. The Balaban J connectivity index is 1.79. The first-order valence-corrected chi connectivity index (χ1v) is 11.9. The second-order valence-electron chi connectivity index (χ2n) is 8.77. The minimum atomic E-state index is -4.56. The Labute approximate surface area is 203 Å². The first-order valence-electron chi connectivity index (χ1n) is 11.9. The third-order valence-electron chi connectivity index (χ3n) is 6.29. The van der Waals surface area contributed by atoms with Crippen molar-refractivity contribution in [2.75, 3.05) is 19.1 Å². The second-order valence-corrected chi connectivity index (χ2v) is 8.77. The molecule has 3 rings (SSSR count). The van der Waals surface area contributed by atoms with Crippen LogP contribution >= 0.6 is 0 Å². The van der Waals surface area contributed by atoms with Gasteiger partial charge >= 0.3 is 6.18 Å². The normalized spacial score (nSPS) is 15.2. The van der Waals surface area contributed by atoms with E-state index in [1.807, 2.05) is 0 Å². The number of carbonyl (C=O) groups is 2. The molecule has 0 bridgehead atoms. The Bertz CT molecular complexity index is 989. The van der Waals surface area contributed by atoms with Gasteiger partial charge in [0.05, 0.1) is 18.4 Å². The molecule has 2 aromatic rings. The molecule has 1 aliphatic rings. The van der Waals surface area contributed by atoms with Crippen LogP contribution in [-0.2, 0) is 11.0 Å². The highest BCUT2D eigenvalue weighted by molar-refractivity contribution is 5.97. The first-order chi connectivity index (χ1) is 16.7. The van der Waals surface area contributed by atoms with E-state index < -0.39 is 23.7 Å². The molecule has 1 aliphatic carbocycles. The molecule has 1 atom stereocenters. The molecule has 1 unspecified atom stereocenters. The number of amides is 2. The maximum atomic E-state index is 13.5. The van der Waals surface area contributed by atoms with Crippen LogP contribution in [0, 0.1) is 5.92 Å². The van der Waals surface area contributed by atoms with Gasteiger partial charge < -0.3 is 10.1 Å². The van der Waals surface area contributed by atoms with E-state index in [1.165, 1.54) is 17.1 Å². The molecular formula is C26H32F3N3O3. The van der Waals surface area contributed by atoms with Gasteiger partial charge in [0, 0.05) is 12.1 Å². The lowest BCUT2D eigenvalue weighted by atomic mass is 9.84. The topological polar surface area (TPSA) is 70.7 Å². The molecule has 0 aromatic heterocycles. The third-order valence-corrected chi connectivity index (χ3v) is 6.29. The standard InChI is InChI=1S/C26H32F3N3O3/c1-3-32(31-21-12-14-22(35-2)15-13-21)25(34)23(16-18-8-5-4-6-9-18)30-24(33)19-10-7-11-20(17-19)26(27,28)29/h7,10-15,17-18,23,31H,3-6,8-9,16H2,1-2H3,(H,30,33). The Hall–Kier alpha value is -3.23. The van der Waals surface area contributed by atoms with Gasteiger partial charge in [0.15, 0.2) is 0 Å². The molecular weight excluding hydrogens is 459 g/mol. The molecule has 9 heteroatoms. The summed E-state index contributed by atoms with van der Waals surface area (Å²) in [5.74, 6) is -0.104. The van der Waals surface area contributed by atoms with E-state index in [-0.39, 0.29) is 17.4 Å². The van der Waals surface area contributed by atoms with Gasteiger partial charge in [-0.25, -0.2) is 0 Å². The summed E-state index contributed by atoms with van der Waals surface area (Å²) in [4.78, 5) is 26.4. The highest BCUT2D eigenvalue weighted by Crippen LogP contribution is 2.30. The SMILES string of the molecule is CCN(Nc1ccc(OC)cc1)C(=O)C(CC1CCCCC1)NC(=O)c1cccc(C(F)(F)F)c1. The number of nitrogens with one attached hydrogen (secondary N) is 2. The van der Waals surface area contributed by atoms with E-state index in [9.17, 15) is 22.8 Å². The van der Waals surface area contributed by atoms with Crippen molar-refractivity contribution in [3.63, 3.8) is 0 Å². The van der Waals surface area contributed by atoms with Crippen molar-refractivity contribution < 1.29 is 27.5 Å². The van der Waals surface area contributed by atoms with Crippen molar-refractivity contribution >= 4 is 17.5 Å². The van der Waals surface area contributed by atoms with E-state index in [0.29, 0.717) is 24.4 Å². The van der Waals surface area contributed by atoms with Gasteiger partial charge in [0.25, 0.3) is 11.8 Å². The van der Waals surface area contributed by atoms with Gasteiger partial charge in [-0.2, -0.15) is 13.2 Å². The molecule has 1 fully saturated rings. The zero-order valence-electron chi connectivity index (χ0n) is 20.0. The van der Waals surface area contributed by atoms with Crippen molar-refractivity contribution in [3.05, 3.63) is 59.7 Å². The number of benzene rings is 2. The Morgan fingerprint density at radius 3 is 2.37 bits per heavy atom. The van der Waals surface area contributed by atoms with Gasteiger partial charge in [-0.05, 0) is 61.7 Å². The Morgan fingerprint density at radius 1 is 1.09 bits per heavy atom. The quantitative estimate of drug-likeness (QED) is 0.444. The number of alkyl halides is 3. The molecule has 6 nitrogen and oxygen atoms in total. The molecule has 35 heavy (non-hydrogen) atoms. The largest absolute Gasteiger partial charge is 0.497 e. The number of rotatable bonds is 9. The molecule has 0 radical (unpaired) electrons.